The van der Waals surface area contributed by atoms with Gasteiger partial charge >= 0.3 is 5.97 Å². The molecule has 33 heavy (non-hydrogen) atoms. The van der Waals surface area contributed by atoms with E-state index in [0.717, 1.165) is 43.4 Å². The highest BCUT2D eigenvalue weighted by Crippen LogP contribution is 2.33. The Morgan fingerprint density at radius 1 is 1.15 bits per heavy atom. The van der Waals surface area contributed by atoms with Crippen molar-refractivity contribution in [2.45, 2.75) is 52.0 Å². The van der Waals surface area contributed by atoms with Crippen LogP contribution in [0.4, 0.5) is 5.69 Å². The molecular weight excluding hydrogens is 416 g/mol. The number of aromatic carboxylic acids is 1. The van der Waals surface area contributed by atoms with Crippen molar-refractivity contribution < 1.29 is 14.7 Å². The molecule has 0 spiro atoms. The third-order valence-electron chi connectivity index (χ3n) is 5.79. The second kappa shape index (κ2) is 12.7. The van der Waals surface area contributed by atoms with Crippen LogP contribution in [0.1, 0.15) is 67.2 Å². The van der Waals surface area contributed by atoms with Crippen LogP contribution in [0.25, 0.3) is 0 Å². The molecule has 2 aromatic rings. The van der Waals surface area contributed by atoms with Crippen LogP contribution in [0.5, 0.6) is 0 Å². The van der Waals surface area contributed by atoms with Gasteiger partial charge in [0.1, 0.15) is 0 Å². The Morgan fingerprint density at radius 2 is 1.85 bits per heavy atom. The summed E-state index contributed by atoms with van der Waals surface area (Å²) in [4.78, 5) is 36.7. The number of hydrogen-bond acceptors (Lipinski definition) is 5. The Kier molecular flexibility index (Phi) is 10.0. The molecule has 7 nitrogen and oxygen atoms in total. The van der Waals surface area contributed by atoms with E-state index in [1.807, 2.05) is 11.0 Å². The molecule has 0 fully saturated rings. The first-order chi connectivity index (χ1) is 15.8. The Hall–Kier alpha value is -3.22. The number of amides is 1. The quantitative estimate of drug-likeness (QED) is 0.441. The lowest BCUT2D eigenvalue weighted by molar-refractivity contribution is -0.127. The first-order valence-electron chi connectivity index (χ1n) is 11.5. The lowest BCUT2D eigenvalue weighted by Crippen LogP contribution is -2.39. The maximum absolute atomic E-state index is 12.8. The number of anilines is 1. The number of carboxylic acids is 1. The number of carbonyl (C=O) groups is 2. The van der Waals surface area contributed by atoms with Gasteiger partial charge in [0.05, 0.1) is 30.0 Å². The van der Waals surface area contributed by atoms with E-state index in [9.17, 15) is 14.7 Å². The fraction of sp³-hybridized carbons (Fsp3) is 0.462. The summed E-state index contributed by atoms with van der Waals surface area (Å²) in [6.45, 7) is 8.41. The molecule has 7 heteroatoms. The van der Waals surface area contributed by atoms with Crippen molar-refractivity contribution >= 4 is 17.6 Å². The van der Waals surface area contributed by atoms with Crippen molar-refractivity contribution in [2.24, 2.45) is 5.92 Å². The predicted molar refractivity (Wildman–Crippen MR) is 131 cm³/mol. The molecule has 2 rings (SSSR count). The molecule has 0 aliphatic heterocycles. The highest BCUT2D eigenvalue weighted by Gasteiger charge is 2.26. The van der Waals surface area contributed by atoms with E-state index >= 15 is 0 Å². The van der Waals surface area contributed by atoms with Crippen molar-refractivity contribution in [2.75, 3.05) is 25.5 Å². The average molecular weight is 453 g/mol. The predicted octanol–water partition coefficient (Wildman–Crippen LogP) is 4.76. The molecule has 1 N–H and O–H groups in total. The summed E-state index contributed by atoms with van der Waals surface area (Å²) in [6.07, 6.45) is 11.8. The van der Waals surface area contributed by atoms with Crippen LogP contribution >= 0.6 is 0 Å². The van der Waals surface area contributed by atoms with Crippen LogP contribution < -0.4 is 4.90 Å². The lowest BCUT2D eigenvalue weighted by Gasteiger charge is -2.34. The standard InChI is InChI=1S/C26H36N4O3/c1-6-9-19(10-7-2)15-20-11-12-21(26(32)33)16-24(20)30(18-25(31)29(4)5)23(8-3)22-17-27-13-14-28-22/h8,11-14,16-17,19,23H,3,6-7,9-10,15,18H2,1-2,4-5H3,(H,32,33). The first-order valence-corrected chi connectivity index (χ1v) is 11.5. The molecule has 0 radical (unpaired) electrons. The van der Waals surface area contributed by atoms with E-state index in [1.54, 1.807) is 50.9 Å². The van der Waals surface area contributed by atoms with Crippen molar-refractivity contribution in [3.05, 3.63) is 66.3 Å². The van der Waals surface area contributed by atoms with Crippen LogP contribution in [-0.4, -0.2) is 52.5 Å². The van der Waals surface area contributed by atoms with E-state index in [2.05, 4.69) is 30.4 Å². The molecule has 0 bridgehead atoms. The van der Waals surface area contributed by atoms with Gasteiger partial charge in [-0.15, -0.1) is 6.58 Å². The van der Waals surface area contributed by atoms with Gasteiger partial charge in [0.2, 0.25) is 5.91 Å². The van der Waals surface area contributed by atoms with E-state index in [1.165, 1.54) is 4.90 Å². The van der Waals surface area contributed by atoms with E-state index in [-0.39, 0.29) is 18.0 Å². The summed E-state index contributed by atoms with van der Waals surface area (Å²) in [5.41, 5.74) is 2.57. The maximum Gasteiger partial charge on any atom is 0.335 e. The third-order valence-corrected chi connectivity index (χ3v) is 5.79. The summed E-state index contributed by atoms with van der Waals surface area (Å²) in [6, 6.07) is 4.76. The Balaban J connectivity index is 2.64. The number of benzene rings is 1. The van der Waals surface area contributed by atoms with Gasteiger partial charge in [0.15, 0.2) is 0 Å². The minimum absolute atomic E-state index is 0.0581. The summed E-state index contributed by atoms with van der Waals surface area (Å²) >= 11 is 0. The molecule has 0 aliphatic carbocycles. The number of likely N-dealkylation sites (N-methyl/N-ethyl adjacent to an activating group) is 1. The number of hydrogen-bond donors (Lipinski definition) is 1. The number of carboxylic acid groups (broad SMARTS) is 1. The summed E-state index contributed by atoms with van der Waals surface area (Å²) in [5.74, 6) is -0.620. The zero-order chi connectivity index (χ0) is 24.4. The first kappa shape index (κ1) is 26.0. The van der Waals surface area contributed by atoms with Gasteiger partial charge in [-0.05, 0) is 30.0 Å². The van der Waals surface area contributed by atoms with Crippen LogP contribution in [0.2, 0.25) is 0 Å². The highest BCUT2D eigenvalue weighted by molar-refractivity contribution is 5.90. The second-order valence-corrected chi connectivity index (χ2v) is 8.52. The summed E-state index contributed by atoms with van der Waals surface area (Å²) < 4.78 is 0. The number of aromatic nitrogens is 2. The second-order valence-electron chi connectivity index (χ2n) is 8.52. The van der Waals surface area contributed by atoms with E-state index in [4.69, 9.17) is 0 Å². The SMILES string of the molecule is C=CC(c1cnccn1)N(CC(=O)N(C)C)c1cc(C(=O)O)ccc1CC(CCC)CCC. The normalized spacial score (nSPS) is 11.8. The summed E-state index contributed by atoms with van der Waals surface area (Å²) in [5, 5.41) is 9.68. The molecule has 1 unspecified atom stereocenters. The zero-order valence-corrected chi connectivity index (χ0v) is 20.2. The summed E-state index contributed by atoms with van der Waals surface area (Å²) in [7, 11) is 3.41. The average Bonchev–Trinajstić information content (AvgIpc) is 2.80. The minimum Gasteiger partial charge on any atom is -0.478 e. The van der Waals surface area contributed by atoms with Crippen molar-refractivity contribution in [1.29, 1.82) is 0 Å². The van der Waals surface area contributed by atoms with Gasteiger partial charge in [-0.2, -0.15) is 0 Å². The Morgan fingerprint density at radius 3 is 2.36 bits per heavy atom. The minimum atomic E-state index is -1.00. The van der Waals surface area contributed by atoms with Crippen molar-refractivity contribution in [1.82, 2.24) is 14.9 Å². The van der Waals surface area contributed by atoms with Crippen molar-refractivity contribution in [3.8, 4) is 0 Å². The topological polar surface area (TPSA) is 86.6 Å². The number of rotatable bonds is 13. The molecule has 1 aromatic carbocycles. The Bertz CT molecular complexity index is 924. The lowest BCUT2D eigenvalue weighted by atomic mass is 9.89. The molecule has 1 aromatic heterocycles. The molecule has 1 atom stereocenters. The van der Waals surface area contributed by atoms with Gasteiger partial charge in [0, 0.05) is 32.2 Å². The van der Waals surface area contributed by atoms with Gasteiger partial charge in [-0.1, -0.05) is 51.7 Å². The number of carbonyl (C=O) groups excluding carboxylic acids is 1. The molecule has 0 saturated heterocycles. The van der Waals surface area contributed by atoms with Crippen molar-refractivity contribution in [3.63, 3.8) is 0 Å². The largest absolute Gasteiger partial charge is 0.478 e. The zero-order valence-electron chi connectivity index (χ0n) is 20.2. The Labute approximate surface area is 197 Å². The smallest absolute Gasteiger partial charge is 0.335 e. The van der Waals surface area contributed by atoms with E-state index in [0.29, 0.717) is 11.6 Å². The fourth-order valence-corrected chi connectivity index (χ4v) is 4.10. The highest BCUT2D eigenvalue weighted by atomic mass is 16.4. The van der Waals surface area contributed by atoms with Gasteiger partial charge < -0.3 is 14.9 Å². The van der Waals surface area contributed by atoms with Gasteiger partial charge in [-0.3, -0.25) is 14.8 Å². The molecule has 1 amide bonds. The van der Waals surface area contributed by atoms with Crippen LogP contribution in [0, 0.1) is 5.92 Å². The third kappa shape index (κ3) is 7.14. The van der Waals surface area contributed by atoms with Crippen LogP contribution in [0.3, 0.4) is 0 Å². The molecule has 0 saturated carbocycles. The van der Waals surface area contributed by atoms with Gasteiger partial charge in [-0.25, -0.2) is 4.79 Å². The van der Waals surface area contributed by atoms with Crippen LogP contribution in [0.15, 0.2) is 49.4 Å². The van der Waals surface area contributed by atoms with E-state index < -0.39 is 12.0 Å². The fourth-order valence-electron chi connectivity index (χ4n) is 4.10. The molecule has 178 valence electrons. The van der Waals surface area contributed by atoms with Crippen LogP contribution in [-0.2, 0) is 11.2 Å². The maximum atomic E-state index is 12.8. The molecule has 0 aliphatic rings. The van der Waals surface area contributed by atoms with Gasteiger partial charge in [0.25, 0.3) is 0 Å². The monoisotopic (exact) mass is 452 g/mol. The molecule has 1 heterocycles. The number of nitrogens with zero attached hydrogens (tertiary/aromatic N) is 4. The molecular formula is C26H36N4O3.